The molecule has 8 heteroatoms. The molecule has 1 fully saturated rings. The molecule has 0 aliphatic carbocycles. The Bertz CT molecular complexity index is 983. The smallest absolute Gasteiger partial charge is 0.405 e. The summed E-state index contributed by atoms with van der Waals surface area (Å²) in [6.07, 6.45) is -2.40. The molecule has 1 amide bonds. The van der Waals surface area contributed by atoms with Gasteiger partial charge in [-0.05, 0) is 30.7 Å². The maximum absolute atomic E-state index is 12.8. The zero-order chi connectivity index (χ0) is 19.0. The van der Waals surface area contributed by atoms with Crippen LogP contribution in [0.1, 0.15) is 22.8 Å². The van der Waals surface area contributed by atoms with Crippen LogP contribution in [-0.4, -0.2) is 39.8 Å². The Balaban J connectivity index is 1.55. The highest BCUT2D eigenvalue weighted by molar-refractivity contribution is 5.97. The topological polar surface area (TPSA) is 47.4 Å². The molecular weight excluding hydrogens is 359 g/mol. The number of aromatic nitrogens is 2. The Kier molecular flexibility index (Phi) is 4.25. The maximum atomic E-state index is 12.8. The summed E-state index contributed by atoms with van der Waals surface area (Å²) in [5.41, 5.74) is 1.75. The third-order valence-corrected chi connectivity index (χ3v) is 4.67. The van der Waals surface area contributed by atoms with Gasteiger partial charge < -0.3 is 14.2 Å². The number of fused-ring (bicyclic) bond motifs is 1. The molecule has 0 spiro atoms. The highest BCUT2D eigenvalue weighted by Gasteiger charge is 2.35. The number of alkyl halides is 3. The van der Waals surface area contributed by atoms with Crippen LogP contribution in [-0.2, 0) is 0 Å². The van der Waals surface area contributed by atoms with Crippen LogP contribution in [0.5, 0.6) is 5.75 Å². The summed E-state index contributed by atoms with van der Waals surface area (Å²) in [5, 5.41) is 0. The highest BCUT2D eigenvalue weighted by atomic mass is 19.4. The number of likely N-dealkylation sites (tertiary alicyclic amines) is 1. The Hall–Kier alpha value is -3.03. The van der Waals surface area contributed by atoms with Crippen molar-refractivity contribution in [2.75, 3.05) is 13.1 Å². The molecule has 1 aliphatic rings. The van der Waals surface area contributed by atoms with Crippen LogP contribution in [0.15, 0.2) is 54.9 Å². The number of carbonyl (C=O) groups excluding carboxylic acids is 1. The summed E-state index contributed by atoms with van der Waals surface area (Å²) >= 11 is 0. The predicted octanol–water partition coefficient (Wildman–Crippen LogP) is 4.02. The number of ether oxygens (including phenoxy) is 1. The second-order valence-electron chi connectivity index (χ2n) is 6.38. The molecule has 2 heterocycles. The van der Waals surface area contributed by atoms with Gasteiger partial charge in [0.05, 0.1) is 29.0 Å². The van der Waals surface area contributed by atoms with Crippen molar-refractivity contribution in [3.8, 4) is 5.75 Å². The van der Waals surface area contributed by atoms with Crippen LogP contribution < -0.4 is 4.74 Å². The molecule has 0 bridgehead atoms. The quantitative estimate of drug-likeness (QED) is 0.695. The molecule has 4 rings (SSSR count). The van der Waals surface area contributed by atoms with E-state index in [0.29, 0.717) is 19.5 Å². The lowest BCUT2D eigenvalue weighted by molar-refractivity contribution is -0.274. The van der Waals surface area contributed by atoms with Crippen molar-refractivity contribution in [3.05, 3.63) is 60.4 Å². The number of hydrogen-bond donors (Lipinski definition) is 0. The van der Waals surface area contributed by atoms with E-state index in [1.54, 1.807) is 11.2 Å². The Morgan fingerprint density at radius 1 is 1.11 bits per heavy atom. The molecule has 1 atom stereocenters. The summed E-state index contributed by atoms with van der Waals surface area (Å²) in [6.45, 7) is 0.857. The molecule has 0 radical (unpaired) electrons. The average molecular weight is 375 g/mol. The number of carbonyl (C=O) groups is 1. The Morgan fingerprint density at radius 2 is 1.85 bits per heavy atom. The molecular formula is C19H16F3N3O2. The summed E-state index contributed by atoms with van der Waals surface area (Å²) in [7, 11) is 0. The predicted molar refractivity (Wildman–Crippen MR) is 92.4 cm³/mol. The largest absolute Gasteiger partial charge is 0.573 e. The lowest BCUT2D eigenvalue weighted by atomic mass is 10.2. The molecule has 0 N–H and O–H groups in total. The van der Waals surface area contributed by atoms with E-state index in [0.717, 1.165) is 17.1 Å². The first-order valence-corrected chi connectivity index (χ1v) is 8.48. The zero-order valence-corrected chi connectivity index (χ0v) is 14.2. The Labute approximate surface area is 153 Å². The Morgan fingerprint density at radius 3 is 2.67 bits per heavy atom. The van der Waals surface area contributed by atoms with E-state index in [9.17, 15) is 18.0 Å². The van der Waals surface area contributed by atoms with Gasteiger partial charge in [0.1, 0.15) is 5.75 Å². The third-order valence-electron chi connectivity index (χ3n) is 4.67. The van der Waals surface area contributed by atoms with Gasteiger partial charge >= 0.3 is 6.36 Å². The van der Waals surface area contributed by atoms with Crippen LogP contribution in [0.25, 0.3) is 11.0 Å². The van der Waals surface area contributed by atoms with E-state index in [1.807, 2.05) is 28.8 Å². The van der Waals surface area contributed by atoms with Crippen molar-refractivity contribution in [1.82, 2.24) is 14.5 Å². The monoisotopic (exact) mass is 375 g/mol. The van der Waals surface area contributed by atoms with Gasteiger partial charge in [0.15, 0.2) is 0 Å². The van der Waals surface area contributed by atoms with Crippen molar-refractivity contribution < 1.29 is 22.7 Å². The van der Waals surface area contributed by atoms with Crippen LogP contribution in [0, 0.1) is 0 Å². The van der Waals surface area contributed by atoms with Crippen molar-refractivity contribution >= 4 is 16.9 Å². The molecule has 1 unspecified atom stereocenters. The molecule has 1 saturated heterocycles. The van der Waals surface area contributed by atoms with Crippen LogP contribution >= 0.6 is 0 Å². The van der Waals surface area contributed by atoms with E-state index >= 15 is 0 Å². The zero-order valence-electron chi connectivity index (χ0n) is 14.2. The maximum Gasteiger partial charge on any atom is 0.573 e. The van der Waals surface area contributed by atoms with Crippen molar-refractivity contribution in [2.45, 2.75) is 18.8 Å². The fraction of sp³-hybridized carbons (Fsp3) is 0.263. The first-order chi connectivity index (χ1) is 12.9. The molecule has 1 aliphatic heterocycles. The number of imidazole rings is 1. The third kappa shape index (κ3) is 3.47. The number of rotatable bonds is 3. The summed E-state index contributed by atoms with van der Waals surface area (Å²) in [4.78, 5) is 18.7. The lowest BCUT2D eigenvalue weighted by Gasteiger charge is -2.19. The fourth-order valence-corrected chi connectivity index (χ4v) is 3.45. The molecule has 2 aromatic carbocycles. The first-order valence-electron chi connectivity index (χ1n) is 8.48. The van der Waals surface area contributed by atoms with E-state index in [2.05, 4.69) is 9.72 Å². The van der Waals surface area contributed by atoms with Gasteiger partial charge in [0, 0.05) is 13.1 Å². The molecule has 0 saturated carbocycles. The summed E-state index contributed by atoms with van der Waals surface area (Å²) in [5.74, 6) is -0.951. The minimum absolute atomic E-state index is 0.0250. The van der Waals surface area contributed by atoms with Crippen LogP contribution in [0.2, 0.25) is 0 Å². The van der Waals surface area contributed by atoms with Crippen molar-refractivity contribution in [2.24, 2.45) is 0 Å². The summed E-state index contributed by atoms with van der Waals surface area (Å²) < 4.78 is 43.8. The number of hydrogen-bond acceptors (Lipinski definition) is 3. The second kappa shape index (κ2) is 6.61. The van der Waals surface area contributed by atoms with Gasteiger partial charge in [-0.25, -0.2) is 4.98 Å². The van der Waals surface area contributed by atoms with Gasteiger partial charge in [-0.1, -0.05) is 24.3 Å². The number of halogens is 3. The van der Waals surface area contributed by atoms with E-state index in [4.69, 9.17) is 0 Å². The molecule has 1 aromatic heterocycles. The lowest BCUT2D eigenvalue weighted by Crippen LogP contribution is -2.30. The fourth-order valence-electron chi connectivity index (χ4n) is 3.45. The number of para-hydroxylation sites is 3. The van der Waals surface area contributed by atoms with E-state index < -0.39 is 18.0 Å². The number of benzene rings is 2. The van der Waals surface area contributed by atoms with Crippen molar-refractivity contribution in [3.63, 3.8) is 0 Å². The molecule has 27 heavy (non-hydrogen) atoms. The van der Waals surface area contributed by atoms with E-state index in [1.165, 1.54) is 18.2 Å². The first kappa shape index (κ1) is 17.4. The minimum atomic E-state index is -4.85. The summed E-state index contributed by atoms with van der Waals surface area (Å²) in [6, 6.07) is 13.1. The molecule has 5 nitrogen and oxygen atoms in total. The van der Waals surface area contributed by atoms with Gasteiger partial charge in [-0.3, -0.25) is 4.79 Å². The highest BCUT2D eigenvalue weighted by Crippen LogP contribution is 2.30. The standard InChI is InChI=1S/C19H16F3N3O2/c20-19(21,22)27-17-8-4-1-5-14(17)18(26)24-10-9-13(11-24)25-12-23-15-6-2-3-7-16(15)25/h1-8,12-13H,9-11H2. The minimum Gasteiger partial charge on any atom is -0.405 e. The molecule has 3 aromatic rings. The normalized spacial score (nSPS) is 17.4. The van der Waals surface area contributed by atoms with Gasteiger partial charge in [0.25, 0.3) is 5.91 Å². The van der Waals surface area contributed by atoms with Gasteiger partial charge in [-0.15, -0.1) is 13.2 Å². The van der Waals surface area contributed by atoms with E-state index in [-0.39, 0.29) is 11.6 Å². The van der Waals surface area contributed by atoms with Gasteiger partial charge in [0.2, 0.25) is 0 Å². The number of amides is 1. The SMILES string of the molecule is O=C(c1ccccc1OC(F)(F)F)N1CCC(n2cnc3ccccc32)C1. The number of nitrogens with zero attached hydrogens (tertiary/aromatic N) is 3. The van der Waals surface area contributed by atoms with Crippen LogP contribution in [0.3, 0.4) is 0 Å². The molecule has 140 valence electrons. The van der Waals surface area contributed by atoms with Crippen LogP contribution in [0.4, 0.5) is 13.2 Å². The average Bonchev–Trinajstić information content (AvgIpc) is 3.27. The van der Waals surface area contributed by atoms with Gasteiger partial charge in [-0.2, -0.15) is 0 Å². The van der Waals surface area contributed by atoms with Crippen molar-refractivity contribution in [1.29, 1.82) is 0 Å². The second-order valence-corrected chi connectivity index (χ2v) is 6.38.